The number of benzene rings is 2. The molecule has 0 aliphatic carbocycles. The average molecular weight is 437 g/mol. The van der Waals surface area contributed by atoms with E-state index in [0.29, 0.717) is 36.1 Å². The van der Waals surface area contributed by atoms with E-state index in [2.05, 4.69) is 29.2 Å². The topological polar surface area (TPSA) is 60.5 Å². The van der Waals surface area contributed by atoms with Crippen LogP contribution >= 0.6 is 12.4 Å². The van der Waals surface area contributed by atoms with Crippen LogP contribution in [0.4, 0.5) is 0 Å². The number of carbonyl (C=O) groups excluding carboxylic acids is 1. The first-order valence-corrected chi connectivity index (χ1v) is 9.61. The molecule has 0 N–H and O–H groups in total. The van der Waals surface area contributed by atoms with Gasteiger partial charge in [0.15, 0.2) is 18.1 Å². The Balaban J connectivity index is 0.00000320. The molecule has 1 fully saturated rings. The number of carbonyl (C=O) groups is 1. The molecule has 0 atom stereocenters. The lowest BCUT2D eigenvalue weighted by atomic mass is 10.2. The summed E-state index contributed by atoms with van der Waals surface area (Å²) in [6, 6.07) is 13.8. The lowest BCUT2D eigenvalue weighted by Crippen LogP contribution is -2.49. The van der Waals surface area contributed by atoms with Gasteiger partial charge in [-0.15, -0.1) is 12.4 Å². The van der Waals surface area contributed by atoms with Crippen molar-refractivity contribution in [3.05, 3.63) is 48.0 Å². The van der Waals surface area contributed by atoms with E-state index in [4.69, 9.17) is 18.9 Å². The fourth-order valence-corrected chi connectivity index (χ4v) is 3.37. The number of ether oxygens (including phenoxy) is 4. The fourth-order valence-electron chi connectivity index (χ4n) is 3.37. The van der Waals surface area contributed by atoms with Gasteiger partial charge in [0, 0.05) is 44.9 Å². The van der Waals surface area contributed by atoms with Crippen molar-refractivity contribution in [2.45, 2.75) is 6.54 Å². The van der Waals surface area contributed by atoms with Gasteiger partial charge in [-0.05, 0) is 5.56 Å². The Labute approximate surface area is 183 Å². The third-order valence-electron chi connectivity index (χ3n) is 4.97. The summed E-state index contributed by atoms with van der Waals surface area (Å²) in [4.78, 5) is 16.8. The van der Waals surface area contributed by atoms with Gasteiger partial charge in [-0.3, -0.25) is 9.69 Å². The maximum Gasteiger partial charge on any atom is 0.260 e. The molecule has 1 aliphatic heterocycles. The SMILES string of the molecule is COc1cc(OCC(=O)N2CCN(Cc3ccccc3)CC2)cc(OC)c1OC.Cl. The first-order chi connectivity index (χ1) is 14.1. The van der Waals surface area contributed by atoms with E-state index in [0.717, 1.165) is 19.6 Å². The quantitative estimate of drug-likeness (QED) is 0.634. The first kappa shape index (κ1) is 23.6. The van der Waals surface area contributed by atoms with Crippen LogP contribution in [-0.4, -0.2) is 69.8 Å². The summed E-state index contributed by atoms with van der Waals surface area (Å²) in [5.41, 5.74) is 1.29. The Hall–Kier alpha value is -2.64. The second-order valence-corrected chi connectivity index (χ2v) is 6.79. The van der Waals surface area contributed by atoms with Crippen molar-refractivity contribution in [1.82, 2.24) is 9.80 Å². The van der Waals surface area contributed by atoms with Gasteiger partial charge in [-0.1, -0.05) is 30.3 Å². The van der Waals surface area contributed by atoms with Crippen LogP contribution in [0.15, 0.2) is 42.5 Å². The number of methoxy groups -OCH3 is 3. The molecule has 2 aromatic carbocycles. The number of rotatable bonds is 8. The van der Waals surface area contributed by atoms with Gasteiger partial charge in [-0.25, -0.2) is 0 Å². The highest BCUT2D eigenvalue weighted by molar-refractivity contribution is 5.85. The molecule has 3 rings (SSSR count). The zero-order chi connectivity index (χ0) is 20.6. The van der Waals surface area contributed by atoms with E-state index in [-0.39, 0.29) is 24.9 Å². The lowest BCUT2D eigenvalue weighted by molar-refractivity contribution is -0.135. The average Bonchev–Trinajstić information content (AvgIpc) is 2.77. The second-order valence-electron chi connectivity index (χ2n) is 6.79. The van der Waals surface area contributed by atoms with E-state index in [1.807, 2.05) is 11.0 Å². The van der Waals surface area contributed by atoms with E-state index in [1.165, 1.54) is 5.56 Å². The number of piperazine rings is 1. The predicted octanol–water partition coefficient (Wildman–Crippen LogP) is 2.86. The van der Waals surface area contributed by atoms with Crippen LogP contribution in [0.5, 0.6) is 23.0 Å². The summed E-state index contributed by atoms with van der Waals surface area (Å²) < 4.78 is 21.6. The second kappa shape index (κ2) is 11.5. The van der Waals surface area contributed by atoms with Crippen LogP contribution in [0.2, 0.25) is 0 Å². The third-order valence-corrected chi connectivity index (χ3v) is 4.97. The molecule has 0 bridgehead atoms. The van der Waals surface area contributed by atoms with E-state index < -0.39 is 0 Å². The van der Waals surface area contributed by atoms with Gasteiger partial charge in [-0.2, -0.15) is 0 Å². The van der Waals surface area contributed by atoms with Crippen molar-refractivity contribution in [3.8, 4) is 23.0 Å². The summed E-state index contributed by atoms with van der Waals surface area (Å²) in [6.45, 7) is 3.98. The van der Waals surface area contributed by atoms with Gasteiger partial charge < -0.3 is 23.8 Å². The van der Waals surface area contributed by atoms with Crippen molar-refractivity contribution in [2.24, 2.45) is 0 Å². The summed E-state index contributed by atoms with van der Waals surface area (Å²) in [6.07, 6.45) is 0. The molecule has 0 radical (unpaired) electrons. The van der Waals surface area contributed by atoms with E-state index >= 15 is 0 Å². The van der Waals surface area contributed by atoms with Crippen LogP contribution in [-0.2, 0) is 11.3 Å². The molecule has 0 spiro atoms. The minimum atomic E-state index is -0.0304. The van der Waals surface area contributed by atoms with Crippen molar-refractivity contribution in [2.75, 3.05) is 54.1 Å². The van der Waals surface area contributed by atoms with Gasteiger partial charge >= 0.3 is 0 Å². The lowest BCUT2D eigenvalue weighted by Gasteiger charge is -2.34. The molecular formula is C22H29ClN2O5. The highest BCUT2D eigenvalue weighted by Crippen LogP contribution is 2.40. The van der Waals surface area contributed by atoms with E-state index in [9.17, 15) is 4.79 Å². The summed E-state index contributed by atoms with van der Waals surface area (Å²) in [5.74, 6) is 1.93. The normalized spacial score (nSPS) is 13.9. The molecule has 0 unspecified atom stereocenters. The van der Waals surface area contributed by atoms with Gasteiger partial charge in [0.05, 0.1) is 21.3 Å². The molecule has 8 heteroatoms. The van der Waals surface area contributed by atoms with Crippen LogP contribution in [0.25, 0.3) is 0 Å². The van der Waals surface area contributed by atoms with Crippen molar-refractivity contribution in [3.63, 3.8) is 0 Å². The monoisotopic (exact) mass is 436 g/mol. The highest BCUT2D eigenvalue weighted by atomic mass is 35.5. The van der Waals surface area contributed by atoms with Crippen LogP contribution in [0.3, 0.4) is 0 Å². The zero-order valence-corrected chi connectivity index (χ0v) is 18.4. The Kier molecular flexibility index (Phi) is 9.08. The number of amides is 1. The fraction of sp³-hybridized carbons (Fsp3) is 0.409. The van der Waals surface area contributed by atoms with Crippen molar-refractivity contribution in [1.29, 1.82) is 0 Å². The van der Waals surface area contributed by atoms with Crippen molar-refractivity contribution < 1.29 is 23.7 Å². The molecule has 7 nitrogen and oxygen atoms in total. The highest BCUT2D eigenvalue weighted by Gasteiger charge is 2.22. The van der Waals surface area contributed by atoms with Crippen LogP contribution in [0.1, 0.15) is 5.56 Å². The first-order valence-electron chi connectivity index (χ1n) is 9.61. The molecular weight excluding hydrogens is 408 g/mol. The van der Waals surface area contributed by atoms with E-state index in [1.54, 1.807) is 33.5 Å². The smallest absolute Gasteiger partial charge is 0.260 e. The van der Waals surface area contributed by atoms with Crippen LogP contribution in [0, 0.1) is 0 Å². The zero-order valence-electron chi connectivity index (χ0n) is 17.6. The number of hydrogen-bond acceptors (Lipinski definition) is 6. The van der Waals surface area contributed by atoms with Crippen molar-refractivity contribution >= 4 is 18.3 Å². The molecule has 1 aliphatic rings. The predicted molar refractivity (Wildman–Crippen MR) is 117 cm³/mol. The molecule has 164 valence electrons. The summed E-state index contributed by atoms with van der Waals surface area (Å²) in [7, 11) is 4.63. The summed E-state index contributed by atoms with van der Waals surface area (Å²) in [5, 5.41) is 0. The number of nitrogens with zero attached hydrogens (tertiary/aromatic N) is 2. The molecule has 0 saturated carbocycles. The molecule has 30 heavy (non-hydrogen) atoms. The standard InChI is InChI=1S/C22H28N2O5.ClH/c1-26-19-13-18(14-20(27-2)22(19)28-3)29-16-21(25)24-11-9-23(10-12-24)15-17-7-5-4-6-8-17;/h4-8,13-14H,9-12,15-16H2,1-3H3;1H. The summed E-state index contributed by atoms with van der Waals surface area (Å²) >= 11 is 0. The van der Waals surface area contributed by atoms with Crippen LogP contribution < -0.4 is 18.9 Å². The number of halogens is 1. The van der Waals surface area contributed by atoms with Gasteiger partial charge in [0.1, 0.15) is 5.75 Å². The molecule has 1 saturated heterocycles. The number of hydrogen-bond donors (Lipinski definition) is 0. The molecule has 0 aromatic heterocycles. The minimum absolute atomic E-state index is 0. The maximum atomic E-state index is 12.6. The molecule has 1 heterocycles. The maximum absolute atomic E-state index is 12.6. The Bertz CT molecular complexity index is 785. The Morgan fingerprint density at radius 1 is 0.900 bits per heavy atom. The molecule has 2 aromatic rings. The Morgan fingerprint density at radius 3 is 2.03 bits per heavy atom. The Morgan fingerprint density at radius 2 is 1.50 bits per heavy atom. The third kappa shape index (κ3) is 5.93. The minimum Gasteiger partial charge on any atom is -0.493 e. The molecule has 1 amide bonds. The largest absolute Gasteiger partial charge is 0.493 e. The van der Waals surface area contributed by atoms with Gasteiger partial charge in [0.2, 0.25) is 5.75 Å². The van der Waals surface area contributed by atoms with Gasteiger partial charge in [0.25, 0.3) is 5.91 Å².